The van der Waals surface area contributed by atoms with Crippen LogP contribution in [0.2, 0.25) is 0 Å². The first-order chi connectivity index (χ1) is 10.3. The van der Waals surface area contributed by atoms with Gasteiger partial charge in [0.15, 0.2) is 0 Å². The van der Waals surface area contributed by atoms with Crippen LogP contribution in [0.15, 0.2) is 24.3 Å². The van der Waals surface area contributed by atoms with Crippen molar-refractivity contribution < 1.29 is 0 Å². The second-order valence-corrected chi connectivity index (χ2v) is 6.55. The molecular weight excluding hydrogens is 258 g/mol. The lowest BCUT2D eigenvalue weighted by Gasteiger charge is -2.39. The first-order valence-electron chi connectivity index (χ1n) is 8.60. The van der Waals surface area contributed by atoms with E-state index in [4.69, 9.17) is 0 Å². The van der Waals surface area contributed by atoms with Crippen molar-refractivity contribution >= 4 is 5.69 Å². The van der Waals surface area contributed by atoms with Gasteiger partial charge in [0.2, 0.25) is 0 Å². The van der Waals surface area contributed by atoms with Gasteiger partial charge in [0.25, 0.3) is 0 Å². The van der Waals surface area contributed by atoms with Gasteiger partial charge in [-0.3, -0.25) is 4.90 Å². The summed E-state index contributed by atoms with van der Waals surface area (Å²) in [6.07, 6.45) is 3.96. The third-order valence-corrected chi connectivity index (χ3v) is 5.05. The van der Waals surface area contributed by atoms with E-state index in [1.54, 1.807) is 0 Å². The Balaban J connectivity index is 1.61. The average Bonchev–Trinajstić information content (AvgIpc) is 3.00. The summed E-state index contributed by atoms with van der Waals surface area (Å²) in [5, 5.41) is 3.56. The molecule has 3 rings (SSSR count). The Bertz CT molecular complexity index is 442. The predicted octanol–water partition coefficient (Wildman–Crippen LogP) is 3.03. The van der Waals surface area contributed by atoms with Gasteiger partial charge in [-0.05, 0) is 57.0 Å². The molecule has 0 aliphatic carbocycles. The number of hydrogen-bond donors (Lipinski definition) is 1. The molecule has 3 nitrogen and oxygen atoms in total. The van der Waals surface area contributed by atoms with Crippen molar-refractivity contribution in [1.29, 1.82) is 0 Å². The van der Waals surface area contributed by atoms with Crippen molar-refractivity contribution in [1.82, 2.24) is 10.2 Å². The first-order valence-corrected chi connectivity index (χ1v) is 8.60. The normalized spacial score (nSPS) is 24.1. The average molecular weight is 287 g/mol. The Labute approximate surface area is 129 Å². The highest BCUT2D eigenvalue weighted by molar-refractivity contribution is 5.48. The minimum atomic E-state index is 0.450. The van der Waals surface area contributed by atoms with Crippen LogP contribution in [-0.4, -0.2) is 43.7 Å². The molecule has 2 heterocycles. The van der Waals surface area contributed by atoms with Crippen molar-refractivity contribution in [3.8, 4) is 0 Å². The predicted molar refractivity (Wildman–Crippen MR) is 90.0 cm³/mol. The molecule has 0 radical (unpaired) electrons. The van der Waals surface area contributed by atoms with E-state index in [1.165, 1.54) is 56.7 Å². The summed E-state index contributed by atoms with van der Waals surface area (Å²) in [4.78, 5) is 5.24. The van der Waals surface area contributed by atoms with Crippen LogP contribution in [0.4, 0.5) is 5.69 Å². The summed E-state index contributed by atoms with van der Waals surface area (Å²) in [6.45, 7) is 10.5. The van der Waals surface area contributed by atoms with Crippen molar-refractivity contribution in [3.05, 3.63) is 29.8 Å². The Hall–Kier alpha value is -1.06. The van der Waals surface area contributed by atoms with Crippen LogP contribution in [0.1, 0.15) is 44.7 Å². The lowest BCUT2D eigenvalue weighted by molar-refractivity contribution is 0.231. The lowest BCUT2D eigenvalue weighted by Crippen LogP contribution is -2.50. The molecule has 1 aromatic carbocycles. The molecule has 0 amide bonds. The molecule has 3 heteroatoms. The maximum Gasteiger partial charge on any atom is 0.0367 e. The Morgan fingerprint density at radius 3 is 2.76 bits per heavy atom. The number of benzene rings is 1. The molecular formula is C18H29N3. The van der Waals surface area contributed by atoms with Gasteiger partial charge in [-0.1, -0.05) is 19.1 Å². The highest BCUT2D eigenvalue weighted by Gasteiger charge is 2.30. The first kappa shape index (κ1) is 14.9. The summed E-state index contributed by atoms with van der Waals surface area (Å²) in [6, 6.07) is 10.5. The van der Waals surface area contributed by atoms with Crippen molar-refractivity contribution in [2.75, 3.05) is 37.6 Å². The second kappa shape index (κ2) is 6.80. The number of hydrogen-bond acceptors (Lipinski definition) is 3. The highest BCUT2D eigenvalue weighted by Crippen LogP contribution is 2.26. The molecule has 2 unspecified atom stereocenters. The molecule has 0 saturated carbocycles. The maximum atomic E-state index is 3.56. The van der Waals surface area contributed by atoms with Gasteiger partial charge >= 0.3 is 0 Å². The largest absolute Gasteiger partial charge is 0.369 e. The number of nitrogens with one attached hydrogen (secondary N) is 1. The molecule has 2 atom stereocenters. The Morgan fingerprint density at radius 2 is 2.00 bits per heavy atom. The zero-order chi connectivity index (χ0) is 14.7. The molecule has 1 aromatic rings. The van der Waals surface area contributed by atoms with E-state index in [2.05, 4.69) is 53.2 Å². The molecule has 2 aliphatic rings. The third-order valence-electron chi connectivity index (χ3n) is 5.05. The summed E-state index contributed by atoms with van der Waals surface area (Å²) >= 11 is 0. The summed E-state index contributed by atoms with van der Waals surface area (Å²) in [5.41, 5.74) is 2.79. The van der Waals surface area contributed by atoms with E-state index in [0.717, 1.165) is 12.6 Å². The number of rotatable bonds is 5. The maximum absolute atomic E-state index is 3.56. The molecule has 2 aliphatic heterocycles. The number of nitrogens with zero attached hydrogens (tertiary/aromatic N) is 2. The van der Waals surface area contributed by atoms with Gasteiger partial charge in [-0.2, -0.15) is 0 Å². The second-order valence-electron chi connectivity index (χ2n) is 6.55. The molecule has 1 N–H and O–H groups in total. The monoisotopic (exact) mass is 287 g/mol. The minimum Gasteiger partial charge on any atom is -0.369 e. The minimum absolute atomic E-state index is 0.450. The van der Waals surface area contributed by atoms with Gasteiger partial charge in [-0.25, -0.2) is 0 Å². The number of anilines is 1. The smallest absolute Gasteiger partial charge is 0.0367 e. The van der Waals surface area contributed by atoms with E-state index >= 15 is 0 Å². The van der Waals surface area contributed by atoms with Crippen LogP contribution in [0.25, 0.3) is 0 Å². The number of piperazine rings is 1. The van der Waals surface area contributed by atoms with Gasteiger partial charge in [0, 0.05) is 37.4 Å². The van der Waals surface area contributed by atoms with Crippen LogP contribution in [0.5, 0.6) is 0 Å². The molecule has 0 aromatic heterocycles. The summed E-state index contributed by atoms with van der Waals surface area (Å²) < 4.78 is 0. The van der Waals surface area contributed by atoms with E-state index in [9.17, 15) is 0 Å². The fourth-order valence-corrected chi connectivity index (χ4v) is 3.68. The van der Waals surface area contributed by atoms with E-state index in [0.29, 0.717) is 6.04 Å². The Morgan fingerprint density at radius 1 is 1.19 bits per heavy atom. The lowest BCUT2D eigenvalue weighted by atomic mass is 10.1. The van der Waals surface area contributed by atoms with Crippen LogP contribution >= 0.6 is 0 Å². The summed E-state index contributed by atoms with van der Waals surface area (Å²) in [5.74, 6) is 0. The SMILES string of the molecule is CCCNC(C)c1ccc(N2CCN3CCCC3C2)cc1. The Kier molecular flexibility index (Phi) is 4.81. The van der Waals surface area contributed by atoms with E-state index < -0.39 is 0 Å². The van der Waals surface area contributed by atoms with Crippen LogP contribution in [-0.2, 0) is 0 Å². The zero-order valence-corrected chi connectivity index (χ0v) is 13.5. The standard InChI is InChI=1S/C18H29N3/c1-3-10-19-15(2)16-6-8-17(9-7-16)21-13-12-20-11-4-5-18(20)14-21/h6-9,15,18-19H,3-5,10-14H2,1-2H3. The quantitative estimate of drug-likeness (QED) is 0.898. The van der Waals surface area contributed by atoms with Gasteiger partial charge in [0.1, 0.15) is 0 Å². The fraction of sp³-hybridized carbons (Fsp3) is 0.667. The fourth-order valence-electron chi connectivity index (χ4n) is 3.68. The van der Waals surface area contributed by atoms with Crippen molar-refractivity contribution in [2.45, 2.75) is 45.2 Å². The molecule has 116 valence electrons. The van der Waals surface area contributed by atoms with Crippen LogP contribution in [0, 0.1) is 0 Å². The van der Waals surface area contributed by atoms with Gasteiger partial charge in [-0.15, -0.1) is 0 Å². The topological polar surface area (TPSA) is 18.5 Å². The highest BCUT2D eigenvalue weighted by atomic mass is 15.3. The van der Waals surface area contributed by atoms with Crippen LogP contribution in [0.3, 0.4) is 0 Å². The zero-order valence-electron chi connectivity index (χ0n) is 13.5. The molecule has 21 heavy (non-hydrogen) atoms. The van der Waals surface area contributed by atoms with Crippen molar-refractivity contribution in [3.63, 3.8) is 0 Å². The molecule has 0 bridgehead atoms. The number of fused-ring (bicyclic) bond motifs is 1. The molecule has 2 saturated heterocycles. The summed E-state index contributed by atoms with van der Waals surface area (Å²) in [7, 11) is 0. The molecule has 0 spiro atoms. The van der Waals surface area contributed by atoms with Gasteiger partial charge in [0.05, 0.1) is 0 Å². The van der Waals surface area contributed by atoms with Gasteiger partial charge < -0.3 is 10.2 Å². The molecule has 2 fully saturated rings. The van der Waals surface area contributed by atoms with Crippen molar-refractivity contribution in [2.24, 2.45) is 0 Å². The van der Waals surface area contributed by atoms with E-state index in [1.807, 2.05) is 0 Å². The van der Waals surface area contributed by atoms with E-state index in [-0.39, 0.29) is 0 Å². The van der Waals surface area contributed by atoms with Crippen LogP contribution < -0.4 is 10.2 Å². The third kappa shape index (κ3) is 3.41.